The average Bonchev–Trinajstić information content (AvgIpc) is 2.72. The Bertz CT molecular complexity index is 676. The molecule has 0 aromatic heterocycles. The molecule has 2 aromatic rings. The van der Waals surface area contributed by atoms with Gasteiger partial charge in [-0.15, -0.1) is 0 Å². The Balaban J connectivity index is 1.61. The number of anilines is 2. The third kappa shape index (κ3) is 4.83. The summed E-state index contributed by atoms with van der Waals surface area (Å²) in [4.78, 5) is 28.0. The number of carbonyl (C=O) groups is 2. The molecule has 1 fully saturated rings. The van der Waals surface area contributed by atoms with Crippen molar-refractivity contribution in [3.05, 3.63) is 60.7 Å². The van der Waals surface area contributed by atoms with Crippen molar-refractivity contribution in [2.45, 2.75) is 0 Å². The van der Waals surface area contributed by atoms with Gasteiger partial charge < -0.3 is 19.3 Å². The van der Waals surface area contributed by atoms with Gasteiger partial charge in [0.15, 0.2) is 6.61 Å². The largest absolute Gasteiger partial charge is 0.454 e. The summed E-state index contributed by atoms with van der Waals surface area (Å²) >= 11 is 0. The molecule has 6 nitrogen and oxygen atoms in total. The van der Waals surface area contributed by atoms with Gasteiger partial charge in [-0.1, -0.05) is 36.4 Å². The van der Waals surface area contributed by atoms with Gasteiger partial charge >= 0.3 is 5.97 Å². The molecule has 0 bridgehead atoms. The fourth-order valence-corrected chi connectivity index (χ4v) is 2.77. The molecule has 0 atom stereocenters. The lowest BCUT2D eigenvalue weighted by Gasteiger charge is -2.27. The lowest BCUT2D eigenvalue weighted by Crippen LogP contribution is -2.43. The minimum atomic E-state index is -0.445. The van der Waals surface area contributed by atoms with E-state index in [1.54, 1.807) is 4.90 Å². The molecule has 0 unspecified atom stereocenters. The summed E-state index contributed by atoms with van der Waals surface area (Å²) < 4.78 is 10.4. The number of morpholine rings is 1. The topological polar surface area (TPSA) is 59.1 Å². The fraction of sp³-hybridized carbons (Fsp3) is 0.300. The minimum Gasteiger partial charge on any atom is -0.454 e. The van der Waals surface area contributed by atoms with Gasteiger partial charge in [-0.2, -0.15) is 0 Å². The van der Waals surface area contributed by atoms with Gasteiger partial charge in [-0.3, -0.25) is 9.59 Å². The van der Waals surface area contributed by atoms with Crippen LogP contribution in [0.5, 0.6) is 0 Å². The Labute approximate surface area is 152 Å². The molecule has 136 valence electrons. The second-order valence-corrected chi connectivity index (χ2v) is 5.91. The number of hydrogen-bond acceptors (Lipinski definition) is 5. The van der Waals surface area contributed by atoms with Crippen LogP contribution in [0.2, 0.25) is 0 Å². The number of ether oxygens (including phenoxy) is 2. The summed E-state index contributed by atoms with van der Waals surface area (Å²) in [6.07, 6.45) is 0. The highest BCUT2D eigenvalue weighted by molar-refractivity contribution is 5.84. The van der Waals surface area contributed by atoms with Crippen molar-refractivity contribution >= 4 is 23.3 Å². The van der Waals surface area contributed by atoms with Gasteiger partial charge in [0.1, 0.15) is 6.54 Å². The van der Waals surface area contributed by atoms with Gasteiger partial charge in [-0.25, -0.2) is 0 Å². The maximum absolute atomic E-state index is 12.3. The van der Waals surface area contributed by atoms with E-state index in [0.29, 0.717) is 26.3 Å². The van der Waals surface area contributed by atoms with E-state index in [1.807, 2.05) is 65.6 Å². The van der Waals surface area contributed by atoms with E-state index in [9.17, 15) is 9.59 Å². The monoisotopic (exact) mass is 354 g/mol. The van der Waals surface area contributed by atoms with Crippen LogP contribution in [-0.4, -0.2) is 56.2 Å². The molecule has 2 aromatic carbocycles. The fourth-order valence-electron chi connectivity index (χ4n) is 2.77. The molecule has 0 saturated carbocycles. The van der Waals surface area contributed by atoms with Gasteiger partial charge in [0.05, 0.1) is 13.2 Å². The van der Waals surface area contributed by atoms with Crippen LogP contribution < -0.4 is 4.90 Å². The molecule has 0 radical (unpaired) electrons. The van der Waals surface area contributed by atoms with Crippen LogP contribution in [0, 0.1) is 0 Å². The number of esters is 1. The highest BCUT2D eigenvalue weighted by Gasteiger charge is 2.20. The highest BCUT2D eigenvalue weighted by Crippen LogP contribution is 2.24. The molecular formula is C20H22N2O4. The van der Waals surface area contributed by atoms with Crippen LogP contribution in [0.25, 0.3) is 0 Å². The normalized spacial score (nSPS) is 13.9. The van der Waals surface area contributed by atoms with Gasteiger partial charge in [0.2, 0.25) is 0 Å². The van der Waals surface area contributed by atoms with Gasteiger partial charge in [-0.05, 0) is 24.3 Å². The Kier molecular flexibility index (Phi) is 6.22. The van der Waals surface area contributed by atoms with Crippen molar-refractivity contribution in [3.8, 4) is 0 Å². The number of para-hydroxylation sites is 2. The van der Waals surface area contributed by atoms with Crippen LogP contribution >= 0.6 is 0 Å². The van der Waals surface area contributed by atoms with Crippen LogP contribution in [-0.2, 0) is 19.1 Å². The van der Waals surface area contributed by atoms with Crippen LogP contribution in [0.4, 0.5) is 11.4 Å². The third-order valence-electron chi connectivity index (χ3n) is 4.14. The quantitative estimate of drug-likeness (QED) is 0.745. The van der Waals surface area contributed by atoms with Gasteiger partial charge in [0.25, 0.3) is 5.91 Å². The Morgan fingerprint density at radius 1 is 0.923 bits per heavy atom. The second-order valence-electron chi connectivity index (χ2n) is 5.91. The number of benzene rings is 2. The Morgan fingerprint density at radius 2 is 1.46 bits per heavy atom. The summed E-state index contributed by atoms with van der Waals surface area (Å²) in [6, 6.07) is 19.2. The molecule has 1 saturated heterocycles. The van der Waals surface area contributed by atoms with E-state index in [1.165, 1.54) is 0 Å². The molecule has 26 heavy (non-hydrogen) atoms. The molecule has 0 aliphatic carbocycles. The summed E-state index contributed by atoms with van der Waals surface area (Å²) in [5.74, 6) is -0.632. The smallest absolute Gasteiger partial charge is 0.326 e. The Hall–Kier alpha value is -2.86. The zero-order valence-electron chi connectivity index (χ0n) is 14.5. The molecule has 6 heteroatoms. The number of amides is 1. The average molecular weight is 354 g/mol. The van der Waals surface area contributed by atoms with Crippen LogP contribution in [0.1, 0.15) is 0 Å². The standard InChI is InChI=1S/C20H22N2O4/c23-19(21-11-13-25-14-12-21)16-26-20(24)15-22(17-7-3-1-4-8-17)18-9-5-2-6-10-18/h1-10H,11-16H2. The first kappa shape index (κ1) is 17.9. The first-order chi connectivity index (χ1) is 12.7. The lowest BCUT2D eigenvalue weighted by molar-refractivity contribution is -0.152. The second kappa shape index (κ2) is 9.01. The predicted molar refractivity (Wildman–Crippen MR) is 98.2 cm³/mol. The van der Waals surface area contributed by atoms with Crippen LogP contribution in [0.3, 0.4) is 0 Å². The molecular weight excluding hydrogens is 332 g/mol. The van der Waals surface area contributed by atoms with E-state index in [0.717, 1.165) is 11.4 Å². The first-order valence-electron chi connectivity index (χ1n) is 8.63. The lowest BCUT2D eigenvalue weighted by atomic mass is 10.2. The summed E-state index contributed by atoms with van der Waals surface area (Å²) in [6.45, 7) is 1.92. The molecule has 1 aliphatic rings. The number of nitrogens with zero attached hydrogens (tertiary/aromatic N) is 2. The number of carbonyl (C=O) groups excluding carboxylic acids is 2. The molecule has 0 N–H and O–H groups in total. The van der Waals surface area contributed by atoms with Crippen molar-refractivity contribution in [3.63, 3.8) is 0 Å². The first-order valence-corrected chi connectivity index (χ1v) is 8.63. The van der Waals surface area contributed by atoms with E-state index < -0.39 is 5.97 Å². The van der Waals surface area contributed by atoms with E-state index in [2.05, 4.69) is 0 Å². The zero-order chi connectivity index (χ0) is 18.2. The van der Waals surface area contributed by atoms with E-state index >= 15 is 0 Å². The van der Waals surface area contributed by atoms with E-state index in [4.69, 9.17) is 9.47 Å². The molecule has 3 rings (SSSR count). The molecule has 1 heterocycles. The maximum Gasteiger partial charge on any atom is 0.326 e. The van der Waals surface area contributed by atoms with Crippen LogP contribution in [0.15, 0.2) is 60.7 Å². The Morgan fingerprint density at radius 3 is 2.00 bits per heavy atom. The third-order valence-corrected chi connectivity index (χ3v) is 4.14. The highest BCUT2D eigenvalue weighted by atomic mass is 16.5. The van der Waals surface area contributed by atoms with Crippen molar-refractivity contribution < 1.29 is 19.1 Å². The molecule has 0 spiro atoms. The van der Waals surface area contributed by atoms with E-state index in [-0.39, 0.29) is 19.1 Å². The summed E-state index contributed by atoms with van der Waals surface area (Å²) in [5, 5.41) is 0. The zero-order valence-corrected chi connectivity index (χ0v) is 14.5. The minimum absolute atomic E-state index is 0.0322. The van der Waals surface area contributed by atoms with Crippen molar-refractivity contribution in [1.82, 2.24) is 4.90 Å². The molecule has 1 amide bonds. The van der Waals surface area contributed by atoms with Crippen molar-refractivity contribution in [1.29, 1.82) is 0 Å². The number of hydrogen-bond donors (Lipinski definition) is 0. The molecule has 1 aliphatic heterocycles. The van der Waals surface area contributed by atoms with Crippen molar-refractivity contribution in [2.24, 2.45) is 0 Å². The SMILES string of the molecule is O=C(CN(c1ccccc1)c1ccccc1)OCC(=O)N1CCOCC1. The predicted octanol–water partition coefficient (Wildman–Crippen LogP) is 2.23. The van der Waals surface area contributed by atoms with Crippen molar-refractivity contribution in [2.75, 3.05) is 44.4 Å². The summed E-state index contributed by atoms with van der Waals surface area (Å²) in [5.41, 5.74) is 1.77. The maximum atomic E-state index is 12.3. The number of rotatable bonds is 6. The summed E-state index contributed by atoms with van der Waals surface area (Å²) in [7, 11) is 0. The van der Waals surface area contributed by atoms with Gasteiger partial charge in [0, 0.05) is 24.5 Å².